The summed E-state index contributed by atoms with van der Waals surface area (Å²) >= 11 is 0. The lowest BCUT2D eigenvalue weighted by Gasteiger charge is -2.39. The van der Waals surface area contributed by atoms with E-state index in [4.69, 9.17) is 4.74 Å². The minimum absolute atomic E-state index is 0.00795. The van der Waals surface area contributed by atoms with Crippen molar-refractivity contribution in [1.29, 1.82) is 0 Å². The summed E-state index contributed by atoms with van der Waals surface area (Å²) in [6.07, 6.45) is 1.41. The molecule has 2 heterocycles. The monoisotopic (exact) mass is 373 g/mol. The molecule has 0 radical (unpaired) electrons. The number of rotatable bonds is 4. The first-order chi connectivity index (χ1) is 12.9. The van der Waals surface area contributed by atoms with E-state index in [1.807, 2.05) is 29.2 Å². The topological polar surface area (TPSA) is 53.1 Å². The number of hydrogen-bond donors (Lipinski definition) is 0. The highest BCUT2D eigenvalue weighted by atomic mass is 16.5. The Kier molecular flexibility index (Phi) is 6.05. The van der Waals surface area contributed by atoms with Crippen molar-refractivity contribution in [3.05, 3.63) is 24.3 Å². The van der Waals surface area contributed by atoms with Gasteiger partial charge in [-0.1, -0.05) is 12.1 Å². The van der Waals surface area contributed by atoms with E-state index in [0.717, 1.165) is 38.2 Å². The Hall–Kier alpha value is -2.08. The molecule has 6 heteroatoms. The molecule has 0 aliphatic carbocycles. The first-order valence-corrected chi connectivity index (χ1v) is 9.89. The lowest BCUT2D eigenvalue weighted by molar-refractivity contribution is -0.140. The van der Waals surface area contributed by atoms with Crippen LogP contribution in [0.3, 0.4) is 0 Å². The summed E-state index contributed by atoms with van der Waals surface area (Å²) in [5.41, 5.74) is 0.740. The molecule has 6 nitrogen and oxygen atoms in total. The van der Waals surface area contributed by atoms with E-state index in [2.05, 4.69) is 25.8 Å². The molecular weight excluding hydrogens is 342 g/mol. The van der Waals surface area contributed by atoms with Gasteiger partial charge in [-0.05, 0) is 51.8 Å². The number of amides is 2. The molecule has 1 saturated heterocycles. The van der Waals surface area contributed by atoms with E-state index in [-0.39, 0.29) is 18.4 Å². The summed E-state index contributed by atoms with van der Waals surface area (Å²) in [6.45, 7) is 8.82. The first-order valence-electron chi connectivity index (χ1n) is 9.89. The molecular formula is C21H31N3O3. The molecule has 1 atom stereocenters. The van der Waals surface area contributed by atoms with Gasteiger partial charge in [0.2, 0.25) is 5.91 Å². The average molecular weight is 373 g/mol. The van der Waals surface area contributed by atoms with Crippen molar-refractivity contribution >= 4 is 17.5 Å². The number of fused-ring (bicyclic) bond motifs is 1. The van der Waals surface area contributed by atoms with Crippen LogP contribution in [0.25, 0.3) is 0 Å². The minimum Gasteiger partial charge on any atom is -0.476 e. The number of carbonyl (C=O) groups excluding carboxylic acids is 2. The number of benzene rings is 1. The predicted molar refractivity (Wildman–Crippen MR) is 106 cm³/mol. The zero-order valence-corrected chi connectivity index (χ0v) is 16.9. The largest absolute Gasteiger partial charge is 0.476 e. The highest BCUT2D eigenvalue weighted by Gasteiger charge is 2.36. The van der Waals surface area contributed by atoms with E-state index in [9.17, 15) is 9.59 Å². The molecule has 3 rings (SSSR count). The summed E-state index contributed by atoms with van der Waals surface area (Å²) in [6, 6.07) is 7.95. The average Bonchev–Trinajstić information content (AvgIpc) is 2.66. The Morgan fingerprint density at radius 1 is 1.22 bits per heavy atom. The van der Waals surface area contributed by atoms with Gasteiger partial charge in [-0.15, -0.1) is 0 Å². The van der Waals surface area contributed by atoms with Crippen molar-refractivity contribution in [1.82, 2.24) is 9.80 Å². The first kappa shape index (κ1) is 19.7. The Labute approximate surface area is 162 Å². The highest BCUT2D eigenvalue weighted by Crippen LogP contribution is 2.33. The number of likely N-dealkylation sites (tertiary alicyclic amines) is 1. The van der Waals surface area contributed by atoms with Gasteiger partial charge in [0, 0.05) is 32.6 Å². The molecule has 0 bridgehead atoms. The van der Waals surface area contributed by atoms with Crippen LogP contribution in [0, 0.1) is 5.92 Å². The van der Waals surface area contributed by atoms with Gasteiger partial charge >= 0.3 is 0 Å². The second kappa shape index (κ2) is 8.30. The Balaban J connectivity index is 1.61. The van der Waals surface area contributed by atoms with Crippen LogP contribution in [0.5, 0.6) is 5.75 Å². The van der Waals surface area contributed by atoms with E-state index in [1.54, 1.807) is 4.90 Å². The Bertz CT molecular complexity index is 683. The number of anilines is 1. The SMILES string of the molecule is CC(=O)N1CC(C(=O)N2CCC(CN(C)C(C)C)CC2)Oc2ccccc21. The second-order valence-electron chi connectivity index (χ2n) is 8.01. The molecule has 2 aliphatic heterocycles. The molecule has 0 N–H and O–H groups in total. The molecule has 148 valence electrons. The van der Waals surface area contributed by atoms with Crippen LogP contribution in [0.1, 0.15) is 33.6 Å². The van der Waals surface area contributed by atoms with Crippen molar-refractivity contribution < 1.29 is 14.3 Å². The molecule has 27 heavy (non-hydrogen) atoms. The zero-order chi connectivity index (χ0) is 19.6. The number of piperidine rings is 1. The van der Waals surface area contributed by atoms with E-state index < -0.39 is 6.10 Å². The number of ether oxygens (including phenoxy) is 1. The second-order valence-corrected chi connectivity index (χ2v) is 8.01. The lowest BCUT2D eigenvalue weighted by Crippen LogP contribution is -2.53. The van der Waals surface area contributed by atoms with Crippen LogP contribution in [0.4, 0.5) is 5.69 Å². The van der Waals surface area contributed by atoms with Gasteiger partial charge in [-0.2, -0.15) is 0 Å². The van der Waals surface area contributed by atoms with Gasteiger partial charge in [0.25, 0.3) is 5.91 Å². The molecule has 0 spiro atoms. The maximum atomic E-state index is 13.0. The lowest BCUT2D eigenvalue weighted by atomic mass is 9.95. The van der Waals surface area contributed by atoms with E-state index in [1.165, 1.54) is 6.92 Å². The maximum absolute atomic E-state index is 13.0. The number of carbonyl (C=O) groups is 2. The molecule has 0 saturated carbocycles. The minimum atomic E-state index is -0.626. The molecule has 1 aromatic carbocycles. The third-order valence-corrected chi connectivity index (χ3v) is 5.78. The van der Waals surface area contributed by atoms with Crippen molar-refractivity contribution in [2.75, 3.05) is 38.1 Å². The normalized spacial score (nSPS) is 20.6. The van der Waals surface area contributed by atoms with E-state index in [0.29, 0.717) is 17.7 Å². The number of para-hydroxylation sites is 2. The number of hydrogen-bond acceptors (Lipinski definition) is 4. The van der Waals surface area contributed by atoms with Crippen LogP contribution >= 0.6 is 0 Å². The fraction of sp³-hybridized carbons (Fsp3) is 0.619. The third-order valence-electron chi connectivity index (χ3n) is 5.78. The maximum Gasteiger partial charge on any atom is 0.265 e. The summed E-state index contributed by atoms with van der Waals surface area (Å²) in [5, 5.41) is 0. The Morgan fingerprint density at radius 2 is 1.89 bits per heavy atom. The van der Waals surface area contributed by atoms with Gasteiger partial charge < -0.3 is 19.4 Å². The molecule has 1 aromatic rings. The van der Waals surface area contributed by atoms with Crippen molar-refractivity contribution in [2.24, 2.45) is 5.92 Å². The van der Waals surface area contributed by atoms with E-state index >= 15 is 0 Å². The van der Waals surface area contributed by atoms with Gasteiger partial charge in [-0.3, -0.25) is 9.59 Å². The van der Waals surface area contributed by atoms with Crippen molar-refractivity contribution in [3.63, 3.8) is 0 Å². The van der Waals surface area contributed by atoms with Crippen LogP contribution in [-0.2, 0) is 9.59 Å². The fourth-order valence-electron chi connectivity index (χ4n) is 3.82. The van der Waals surface area contributed by atoms with Crippen molar-refractivity contribution in [3.8, 4) is 5.75 Å². The zero-order valence-electron chi connectivity index (χ0n) is 16.9. The van der Waals surface area contributed by atoms with Crippen LogP contribution < -0.4 is 9.64 Å². The highest BCUT2D eigenvalue weighted by molar-refractivity contribution is 5.95. The van der Waals surface area contributed by atoms with Crippen LogP contribution in [-0.4, -0.2) is 67.0 Å². The van der Waals surface area contributed by atoms with Gasteiger partial charge in [0.05, 0.1) is 12.2 Å². The summed E-state index contributed by atoms with van der Waals surface area (Å²) in [4.78, 5) is 31.0. The van der Waals surface area contributed by atoms with Crippen LogP contribution in [0.2, 0.25) is 0 Å². The Morgan fingerprint density at radius 3 is 2.52 bits per heavy atom. The third kappa shape index (κ3) is 4.43. The summed E-state index contributed by atoms with van der Waals surface area (Å²) in [5.74, 6) is 1.15. The summed E-state index contributed by atoms with van der Waals surface area (Å²) in [7, 11) is 2.16. The van der Waals surface area contributed by atoms with Gasteiger partial charge in [0.1, 0.15) is 5.75 Å². The number of nitrogens with zero attached hydrogens (tertiary/aromatic N) is 3. The molecule has 2 amide bonds. The quantitative estimate of drug-likeness (QED) is 0.813. The fourth-order valence-corrected chi connectivity index (χ4v) is 3.82. The van der Waals surface area contributed by atoms with Crippen molar-refractivity contribution in [2.45, 2.75) is 45.8 Å². The molecule has 2 aliphatic rings. The smallest absolute Gasteiger partial charge is 0.265 e. The van der Waals surface area contributed by atoms with Gasteiger partial charge in [0.15, 0.2) is 6.10 Å². The van der Waals surface area contributed by atoms with Gasteiger partial charge in [-0.25, -0.2) is 0 Å². The predicted octanol–water partition coefficient (Wildman–Crippen LogP) is 2.38. The van der Waals surface area contributed by atoms with Crippen LogP contribution in [0.15, 0.2) is 24.3 Å². The summed E-state index contributed by atoms with van der Waals surface area (Å²) < 4.78 is 5.96. The molecule has 1 unspecified atom stereocenters. The molecule has 0 aromatic heterocycles. The standard InChI is InChI=1S/C21H31N3O3/c1-15(2)22(4)13-17-9-11-23(12-10-17)21(26)20-14-24(16(3)25)18-7-5-6-8-19(18)27-20/h5-8,15,17,20H,9-14H2,1-4H3. The molecule has 1 fully saturated rings.